The van der Waals surface area contributed by atoms with Gasteiger partial charge >= 0.3 is 0 Å². The first-order valence-electron chi connectivity index (χ1n) is 11.5. The third-order valence-corrected chi connectivity index (χ3v) is 6.16. The summed E-state index contributed by atoms with van der Waals surface area (Å²) >= 11 is 0. The van der Waals surface area contributed by atoms with Crippen LogP contribution >= 0.6 is 0 Å². The molecule has 2 aliphatic heterocycles. The lowest BCUT2D eigenvalue weighted by Gasteiger charge is -2.31. The zero-order chi connectivity index (χ0) is 23.3. The number of nitrogens with one attached hydrogen (secondary N) is 1. The molecule has 2 heterocycles. The van der Waals surface area contributed by atoms with Gasteiger partial charge in [-0.1, -0.05) is 13.8 Å². The van der Waals surface area contributed by atoms with Gasteiger partial charge in [-0.2, -0.15) is 0 Å². The van der Waals surface area contributed by atoms with Crippen LogP contribution in [0.1, 0.15) is 46.0 Å². The van der Waals surface area contributed by atoms with Gasteiger partial charge in [0.25, 0.3) is 0 Å². The average Bonchev–Trinajstić information content (AvgIpc) is 3.19. The maximum absolute atomic E-state index is 13.1. The predicted octanol–water partition coefficient (Wildman–Crippen LogP) is 2.60. The van der Waals surface area contributed by atoms with Crippen LogP contribution in [-0.4, -0.2) is 62.5 Å². The number of likely N-dealkylation sites (tertiary alicyclic amines) is 1. The summed E-state index contributed by atoms with van der Waals surface area (Å²) in [5.41, 5.74) is 0.608. The van der Waals surface area contributed by atoms with Crippen molar-refractivity contribution in [3.05, 3.63) is 18.2 Å². The highest BCUT2D eigenvalue weighted by Gasteiger charge is 2.38. The molecule has 2 unspecified atom stereocenters. The summed E-state index contributed by atoms with van der Waals surface area (Å²) in [5, 5.41) is 2.97. The number of nitrogens with zero attached hydrogens (tertiary/aromatic N) is 2. The van der Waals surface area contributed by atoms with E-state index >= 15 is 0 Å². The minimum atomic E-state index is -0.555. The highest BCUT2D eigenvalue weighted by Crippen LogP contribution is 2.35. The first-order chi connectivity index (χ1) is 15.3. The maximum atomic E-state index is 13.1. The van der Waals surface area contributed by atoms with E-state index in [0.29, 0.717) is 23.6 Å². The molecule has 2 atom stereocenters. The number of rotatable bonds is 8. The molecule has 0 aromatic heterocycles. The molecule has 1 aromatic rings. The summed E-state index contributed by atoms with van der Waals surface area (Å²) in [6, 6.07) is 4.68. The van der Waals surface area contributed by atoms with E-state index in [2.05, 4.69) is 5.32 Å². The molecule has 32 heavy (non-hydrogen) atoms. The number of carbonyl (C=O) groups is 3. The van der Waals surface area contributed by atoms with Crippen molar-refractivity contribution in [2.45, 2.75) is 52.0 Å². The number of ether oxygens (including phenoxy) is 2. The first kappa shape index (κ1) is 23.9. The van der Waals surface area contributed by atoms with Crippen LogP contribution in [0, 0.1) is 11.8 Å². The number of methoxy groups -OCH3 is 2. The Kier molecular flexibility index (Phi) is 7.99. The quantitative estimate of drug-likeness (QED) is 0.665. The Hall–Kier alpha value is -2.77. The Balaban J connectivity index is 1.70. The first-order valence-corrected chi connectivity index (χ1v) is 11.5. The normalized spacial score (nSPS) is 19.8. The van der Waals surface area contributed by atoms with Gasteiger partial charge in [-0.25, -0.2) is 0 Å². The second-order valence-corrected chi connectivity index (χ2v) is 9.02. The standard InChI is InChI=1S/C24H35N3O5/c1-16(2)12-19(24(30)26-10-6-5-7-11-26)25-23(29)17-13-22(28)27(15-17)20-9-8-18(31-3)14-21(20)32-4/h8-9,14,16-17,19H,5-7,10-13,15H2,1-4H3,(H,25,29). The number of piperidine rings is 1. The number of anilines is 1. The van der Waals surface area contributed by atoms with E-state index < -0.39 is 12.0 Å². The van der Waals surface area contributed by atoms with Gasteiger partial charge in [0, 0.05) is 32.1 Å². The summed E-state index contributed by atoms with van der Waals surface area (Å²) in [5.74, 6) is 0.485. The molecule has 8 heteroatoms. The van der Waals surface area contributed by atoms with E-state index in [-0.39, 0.29) is 36.6 Å². The van der Waals surface area contributed by atoms with Crippen molar-refractivity contribution in [2.75, 3.05) is 38.8 Å². The van der Waals surface area contributed by atoms with E-state index in [0.717, 1.165) is 32.4 Å². The zero-order valence-electron chi connectivity index (χ0n) is 19.6. The van der Waals surface area contributed by atoms with Crippen molar-refractivity contribution < 1.29 is 23.9 Å². The molecule has 0 bridgehead atoms. The van der Waals surface area contributed by atoms with Crippen LogP contribution in [0.2, 0.25) is 0 Å². The lowest BCUT2D eigenvalue weighted by Crippen LogP contribution is -2.51. The van der Waals surface area contributed by atoms with Gasteiger partial charge in [-0.3, -0.25) is 14.4 Å². The number of hydrogen-bond donors (Lipinski definition) is 1. The second kappa shape index (κ2) is 10.7. The van der Waals surface area contributed by atoms with E-state index in [9.17, 15) is 14.4 Å². The van der Waals surface area contributed by atoms with Crippen molar-refractivity contribution >= 4 is 23.4 Å². The van der Waals surface area contributed by atoms with Crippen molar-refractivity contribution in [1.29, 1.82) is 0 Å². The van der Waals surface area contributed by atoms with Crippen molar-refractivity contribution in [1.82, 2.24) is 10.2 Å². The summed E-state index contributed by atoms with van der Waals surface area (Å²) in [7, 11) is 3.10. The molecule has 176 valence electrons. The summed E-state index contributed by atoms with van der Waals surface area (Å²) in [6.45, 7) is 5.82. The number of carbonyl (C=O) groups excluding carboxylic acids is 3. The van der Waals surface area contributed by atoms with Crippen LogP contribution in [0.3, 0.4) is 0 Å². The Morgan fingerprint density at radius 1 is 1.12 bits per heavy atom. The Morgan fingerprint density at radius 3 is 2.47 bits per heavy atom. The van der Waals surface area contributed by atoms with Crippen molar-refractivity contribution in [2.24, 2.45) is 11.8 Å². The van der Waals surface area contributed by atoms with Crippen molar-refractivity contribution in [3.8, 4) is 11.5 Å². The van der Waals surface area contributed by atoms with Gasteiger partial charge in [0.2, 0.25) is 17.7 Å². The molecule has 2 aliphatic rings. The lowest BCUT2D eigenvalue weighted by molar-refractivity contribution is -0.138. The molecule has 8 nitrogen and oxygen atoms in total. The molecule has 0 radical (unpaired) electrons. The monoisotopic (exact) mass is 445 g/mol. The summed E-state index contributed by atoms with van der Waals surface area (Å²) < 4.78 is 10.7. The van der Waals surface area contributed by atoms with Gasteiger partial charge < -0.3 is 24.6 Å². The fourth-order valence-corrected chi connectivity index (χ4v) is 4.44. The Bertz CT molecular complexity index is 835. The van der Waals surface area contributed by atoms with Gasteiger partial charge in [-0.05, 0) is 43.7 Å². The van der Waals surface area contributed by atoms with E-state index in [1.54, 1.807) is 30.2 Å². The molecule has 1 aromatic carbocycles. The largest absolute Gasteiger partial charge is 0.497 e. The number of benzene rings is 1. The molecular formula is C24H35N3O5. The molecule has 0 aliphatic carbocycles. The SMILES string of the molecule is COc1ccc(N2CC(C(=O)NC(CC(C)C)C(=O)N3CCCCC3)CC2=O)c(OC)c1. The van der Waals surface area contributed by atoms with Crippen LogP contribution in [-0.2, 0) is 14.4 Å². The Labute approximate surface area is 190 Å². The fourth-order valence-electron chi connectivity index (χ4n) is 4.44. The summed E-state index contributed by atoms with van der Waals surface area (Å²) in [4.78, 5) is 42.4. The molecular weight excluding hydrogens is 410 g/mol. The third kappa shape index (κ3) is 5.53. The number of amides is 3. The smallest absolute Gasteiger partial charge is 0.245 e. The maximum Gasteiger partial charge on any atom is 0.245 e. The highest BCUT2D eigenvalue weighted by molar-refractivity contribution is 6.02. The number of hydrogen-bond acceptors (Lipinski definition) is 5. The average molecular weight is 446 g/mol. The molecule has 0 spiro atoms. The fraction of sp³-hybridized carbons (Fsp3) is 0.625. The molecule has 0 saturated carbocycles. The third-order valence-electron chi connectivity index (χ3n) is 6.16. The van der Waals surface area contributed by atoms with Crippen LogP contribution in [0.15, 0.2) is 18.2 Å². The predicted molar refractivity (Wildman–Crippen MR) is 122 cm³/mol. The van der Waals surface area contributed by atoms with Crippen LogP contribution < -0.4 is 19.7 Å². The van der Waals surface area contributed by atoms with E-state index in [4.69, 9.17) is 9.47 Å². The van der Waals surface area contributed by atoms with Crippen LogP contribution in [0.5, 0.6) is 11.5 Å². The summed E-state index contributed by atoms with van der Waals surface area (Å²) in [6.07, 6.45) is 3.83. The molecule has 1 N–H and O–H groups in total. The topological polar surface area (TPSA) is 88.2 Å². The molecule has 3 amide bonds. The minimum absolute atomic E-state index is 0.00949. The molecule has 2 saturated heterocycles. The van der Waals surface area contributed by atoms with Gasteiger partial charge in [-0.15, -0.1) is 0 Å². The van der Waals surface area contributed by atoms with Crippen LogP contribution in [0.25, 0.3) is 0 Å². The Morgan fingerprint density at radius 2 is 1.84 bits per heavy atom. The molecule has 2 fully saturated rings. The highest BCUT2D eigenvalue weighted by atomic mass is 16.5. The van der Waals surface area contributed by atoms with Crippen molar-refractivity contribution in [3.63, 3.8) is 0 Å². The second-order valence-electron chi connectivity index (χ2n) is 9.02. The van der Waals surface area contributed by atoms with Crippen LogP contribution in [0.4, 0.5) is 5.69 Å². The molecule has 3 rings (SSSR count). The minimum Gasteiger partial charge on any atom is -0.497 e. The lowest BCUT2D eigenvalue weighted by atomic mass is 9.99. The van der Waals surface area contributed by atoms with Gasteiger partial charge in [0.1, 0.15) is 17.5 Å². The van der Waals surface area contributed by atoms with E-state index in [1.807, 2.05) is 18.7 Å². The zero-order valence-corrected chi connectivity index (χ0v) is 19.6. The van der Waals surface area contributed by atoms with Gasteiger partial charge in [0.15, 0.2) is 0 Å². The van der Waals surface area contributed by atoms with Gasteiger partial charge in [0.05, 0.1) is 25.8 Å². The van der Waals surface area contributed by atoms with E-state index in [1.165, 1.54) is 7.11 Å².